The van der Waals surface area contributed by atoms with Crippen molar-refractivity contribution in [3.8, 4) is 0 Å². The molecule has 0 aliphatic carbocycles. The van der Waals surface area contributed by atoms with Gasteiger partial charge in [0.1, 0.15) is 5.60 Å². The van der Waals surface area contributed by atoms with Gasteiger partial charge in [-0.05, 0) is 27.2 Å². The molecular weight excluding hydrogens is 208 g/mol. The molecule has 0 spiro atoms. The number of hydrogen-bond donors (Lipinski definition) is 1. The zero-order chi connectivity index (χ0) is 12.3. The molecule has 1 unspecified atom stereocenters. The first-order valence-electron chi connectivity index (χ1n) is 5.54. The molecule has 16 heavy (non-hydrogen) atoms. The van der Waals surface area contributed by atoms with Crippen LogP contribution in [0.4, 0.5) is 4.79 Å². The van der Waals surface area contributed by atoms with E-state index in [1.807, 2.05) is 0 Å². The third kappa shape index (κ3) is 3.48. The summed E-state index contributed by atoms with van der Waals surface area (Å²) in [5.74, 6) is -0.0710. The van der Waals surface area contributed by atoms with Crippen LogP contribution in [-0.4, -0.2) is 42.0 Å². The van der Waals surface area contributed by atoms with Gasteiger partial charge in [0.15, 0.2) is 5.78 Å². The Morgan fingerprint density at radius 1 is 1.56 bits per heavy atom. The largest absolute Gasteiger partial charge is 0.444 e. The van der Waals surface area contributed by atoms with Crippen molar-refractivity contribution in [3.63, 3.8) is 0 Å². The maximum absolute atomic E-state index is 11.7. The van der Waals surface area contributed by atoms with Gasteiger partial charge in [-0.3, -0.25) is 4.79 Å². The van der Waals surface area contributed by atoms with Crippen molar-refractivity contribution in [3.05, 3.63) is 0 Å². The Hall–Kier alpha value is -1.10. The predicted octanol–water partition coefficient (Wildman–Crippen LogP) is 0.771. The van der Waals surface area contributed by atoms with Crippen molar-refractivity contribution in [2.45, 2.75) is 32.8 Å². The summed E-state index contributed by atoms with van der Waals surface area (Å²) in [6.45, 7) is 6.44. The zero-order valence-electron chi connectivity index (χ0n) is 10.2. The second-order valence-corrected chi connectivity index (χ2v) is 5.09. The first-order valence-corrected chi connectivity index (χ1v) is 5.54. The molecule has 1 fully saturated rings. The van der Waals surface area contributed by atoms with E-state index in [1.165, 1.54) is 4.90 Å². The molecule has 0 radical (unpaired) electrons. The molecule has 1 amide bonds. The smallest absolute Gasteiger partial charge is 0.410 e. The molecule has 1 aliphatic rings. The maximum Gasteiger partial charge on any atom is 0.410 e. The number of ketones is 1. The standard InChI is InChI=1S/C11H20N2O3/c1-11(2,3)16-10(15)13-5-4-8(6-12)9(14)7-13/h8H,4-7,12H2,1-3H3. The summed E-state index contributed by atoms with van der Waals surface area (Å²) in [5.41, 5.74) is 4.94. The average Bonchev–Trinajstić information content (AvgIpc) is 2.15. The van der Waals surface area contributed by atoms with Gasteiger partial charge in [0.25, 0.3) is 0 Å². The van der Waals surface area contributed by atoms with Gasteiger partial charge in [0.05, 0.1) is 6.54 Å². The highest BCUT2D eigenvalue weighted by Crippen LogP contribution is 2.16. The number of carbonyl (C=O) groups is 2. The molecular formula is C11H20N2O3. The van der Waals surface area contributed by atoms with E-state index in [0.29, 0.717) is 19.5 Å². The fraction of sp³-hybridized carbons (Fsp3) is 0.818. The third-order valence-electron chi connectivity index (χ3n) is 2.49. The number of nitrogens with two attached hydrogens (primary N) is 1. The van der Waals surface area contributed by atoms with E-state index >= 15 is 0 Å². The first kappa shape index (κ1) is 13.0. The Morgan fingerprint density at radius 3 is 2.62 bits per heavy atom. The van der Waals surface area contributed by atoms with E-state index < -0.39 is 11.7 Å². The second kappa shape index (κ2) is 4.82. The van der Waals surface area contributed by atoms with E-state index in [1.54, 1.807) is 20.8 Å². The predicted molar refractivity (Wildman–Crippen MR) is 60.0 cm³/mol. The topological polar surface area (TPSA) is 72.6 Å². The van der Waals surface area contributed by atoms with Gasteiger partial charge in [0.2, 0.25) is 0 Å². The Bertz CT molecular complexity index is 283. The molecule has 5 heteroatoms. The van der Waals surface area contributed by atoms with Crippen LogP contribution in [0.25, 0.3) is 0 Å². The minimum absolute atomic E-state index is 0.0274. The van der Waals surface area contributed by atoms with Crippen LogP contribution in [0.15, 0.2) is 0 Å². The van der Waals surface area contributed by atoms with Gasteiger partial charge >= 0.3 is 6.09 Å². The Labute approximate surface area is 95.9 Å². The summed E-state index contributed by atoms with van der Waals surface area (Å²) in [7, 11) is 0. The fourth-order valence-electron chi connectivity index (χ4n) is 1.60. The summed E-state index contributed by atoms with van der Waals surface area (Å²) < 4.78 is 5.20. The number of piperidine rings is 1. The third-order valence-corrected chi connectivity index (χ3v) is 2.49. The Morgan fingerprint density at radius 2 is 2.19 bits per heavy atom. The number of hydrogen-bond acceptors (Lipinski definition) is 4. The minimum Gasteiger partial charge on any atom is -0.444 e. The first-order chi connectivity index (χ1) is 7.33. The van der Waals surface area contributed by atoms with Crippen molar-refractivity contribution >= 4 is 11.9 Å². The van der Waals surface area contributed by atoms with E-state index in [2.05, 4.69) is 0 Å². The summed E-state index contributed by atoms with van der Waals surface area (Å²) in [6, 6.07) is 0. The summed E-state index contributed by atoms with van der Waals surface area (Å²) in [6.07, 6.45) is 0.213. The van der Waals surface area contributed by atoms with Crippen LogP contribution in [-0.2, 0) is 9.53 Å². The molecule has 1 rings (SSSR count). The maximum atomic E-state index is 11.7. The molecule has 1 atom stereocenters. The molecule has 1 heterocycles. The van der Waals surface area contributed by atoms with Crippen molar-refractivity contribution in [1.29, 1.82) is 0 Å². The lowest BCUT2D eigenvalue weighted by molar-refractivity contribution is -0.126. The monoisotopic (exact) mass is 228 g/mol. The number of amides is 1. The van der Waals surface area contributed by atoms with Crippen LogP contribution in [0.2, 0.25) is 0 Å². The lowest BCUT2D eigenvalue weighted by atomic mass is 9.96. The van der Waals surface area contributed by atoms with Crippen LogP contribution in [0, 0.1) is 5.92 Å². The van der Waals surface area contributed by atoms with Crippen LogP contribution in [0.3, 0.4) is 0 Å². The number of ether oxygens (including phenoxy) is 1. The number of nitrogens with zero attached hydrogens (tertiary/aromatic N) is 1. The minimum atomic E-state index is -0.523. The molecule has 1 aliphatic heterocycles. The normalized spacial score (nSPS) is 22.1. The van der Waals surface area contributed by atoms with Gasteiger partial charge in [0, 0.05) is 19.0 Å². The van der Waals surface area contributed by atoms with Gasteiger partial charge in [-0.15, -0.1) is 0 Å². The van der Waals surface area contributed by atoms with Crippen molar-refractivity contribution in [2.24, 2.45) is 11.7 Å². The highest BCUT2D eigenvalue weighted by molar-refractivity contribution is 5.87. The van der Waals surface area contributed by atoms with Crippen molar-refractivity contribution in [1.82, 2.24) is 4.90 Å². The fourth-order valence-corrected chi connectivity index (χ4v) is 1.60. The van der Waals surface area contributed by atoms with E-state index in [9.17, 15) is 9.59 Å². The highest BCUT2D eigenvalue weighted by Gasteiger charge is 2.31. The number of Topliss-reactive ketones (excluding diaryl/α,β-unsaturated/α-hetero) is 1. The highest BCUT2D eigenvalue weighted by atomic mass is 16.6. The van der Waals surface area contributed by atoms with E-state index in [4.69, 9.17) is 10.5 Å². The lowest BCUT2D eigenvalue weighted by Gasteiger charge is -2.32. The lowest BCUT2D eigenvalue weighted by Crippen LogP contribution is -2.47. The van der Waals surface area contributed by atoms with E-state index in [-0.39, 0.29) is 18.2 Å². The zero-order valence-corrected chi connectivity index (χ0v) is 10.2. The molecule has 0 bridgehead atoms. The quantitative estimate of drug-likeness (QED) is 0.719. The van der Waals surface area contributed by atoms with Crippen LogP contribution in [0.5, 0.6) is 0 Å². The average molecular weight is 228 g/mol. The molecule has 0 aromatic rings. The SMILES string of the molecule is CC(C)(C)OC(=O)N1CCC(CN)C(=O)C1. The Balaban J connectivity index is 2.52. The second-order valence-electron chi connectivity index (χ2n) is 5.09. The molecule has 0 aromatic heterocycles. The van der Waals surface area contributed by atoms with Crippen LogP contribution >= 0.6 is 0 Å². The van der Waals surface area contributed by atoms with Gasteiger partial charge < -0.3 is 15.4 Å². The number of carbonyl (C=O) groups excluding carboxylic acids is 2. The summed E-state index contributed by atoms with van der Waals surface area (Å²) in [4.78, 5) is 24.7. The molecule has 1 saturated heterocycles. The summed E-state index contributed by atoms with van der Waals surface area (Å²) in [5, 5.41) is 0. The summed E-state index contributed by atoms with van der Waals surface area (Å²) >= 11 is 0. The van der Waals surface area contributed by atoms with Gasteiger partial charge in [-0.25, -0.2) is 4.79 Å². The molecule has 5 nitrogen and oxygen atoms in total. The van der Waals surface area contributed by atoms with E-state index in [0.717, 1.165) is 0 Å². The van der Waals surface area contributed by atoms with Crippen LogP contribution < -0.4 is 5.73 Å². The molecule has 92 valence electrons. The number of rotatable bonds is 1. The Kier molecular flexibility index (Phi) is 3.91. The van der Waals surface area contributed by atoms with Crippen LogP contribution in [0.1, 0.15) is 27.2 Å². The van der Waals surface area contributed by atoms with Gasteiger partial charge in [-0.2, -0.15) is 0 Å². The van der Waals surface area contributed by atoms with Crippen molar-refractivity contribution in [2.75, 3.05) is 19.6 Å². The number of likely N-dealkylation sites (tertiary alicyclic amines) is 1. The van der Waals surface area contributed by atoms with Crippen molar-refractivity contribution < 1.29 is 14.3 Å². The molecule has 0 aromatic carbocycles. The van der Waals surface area contributed by atoms with Gasteiger partial charge in [-0.1, -0.05) is 0 Å². The molecule has 2 N–H and O–H groups in total. The molecule has 0 saturated carbocycles.